The second-order valence-electron chi connectivity index (χ2n) is 4.82. The first kappa shape index (κ1) is 13.1. The molecule has 1 aliphatic heterocycles. The SMILES string of the molecule is CCOC(=O)[C@@]1(N)CCN(Cc2ccccc2)C1. The molecule has 1 aromatic carbocycles. The monoisotopic (exact) mass is 248 g/mol. The van der Waals surface area contributed by atoms with Crippen LogP contribution in [0, 0.1) is 0 Å². The molecule has 1 atom stereocenters. The lowest BCUT2D eigenvalue weighted by Crippen LogP contribution is -2.51. The summed E-state index contributed by atoms with van der Waals surface area (Å²) in [4.78, 5) is 14.0. The van der Waals surface area contributed by atoms with Crippen molar-refractivity contribution in [1.82, 2.24) is 4.90 Å². The normalized spacial score (nSPS) is 24.1. The highest BCUT2D eigenvalue weighted by Crippen LogP contribution is 2.22. The summed E-state index contributed by atoms with van der Waals surface area (Å²) in [6.45, 7) is 4.43. The quantitative estimate of drug-likeness (QED) is 0.812. The molecule has 18 heavy (non-hydrogen) atoms. The summed E-state index contributed by atoms with van der Waals surface area (Å²) in [7, 11) is 0. The molecule has 0 spiro atoms. The van der Waals surface area contributed by atoms with Gasteiger partial charge in [0.15, 0.2) is 0 Å². The van der Waals surface area contributed by atoms with Crippen LogP contribution in [0.5, 0.6) is 0 Å². The van der Waals surface area contributed by atoms with E-state index in [1.54, 1.807) is 6.92 Å². The molecular formula is C14H20N2O2. The van der Waals surface area contributed by atoms with Crippen LogP contribution in [0.25, 0.3) is 0 Å². The van der Waals surface area contributed by atoms with E-state index in [-0.39, 0.29) is 5.97 Å². The van der Waals surface area contributed by atoms with Gasteiger partial charge in [-0.25, -0.2) is 0 Å². The lowest BCUT2D eigenvalue weighted by Gasteiger charge is -2.22. The van der Waals surface area contributed by atoms with E-state index in [0.717, 1.165) is 13.1 Å². The van der Waals surface area contributed by atoms with Crippen molar-refractivity contribution in [3.63, 3.8) is 0 Å². The van der Waals surface area contributed by atoms with Gasteiger partial charge >= 0.3 is 5.97 Å². The number of hydrogen-bond donors (Lipinski definition) is 1. The van der Waals surface area contributed by atoms with E-state index < -0.39 is 5.54 Å². The molecule has 4 nitrogen and oxygen atoms in total. The molecule has 98 valence electrons. The van der Waals surface area contributed by atoms with Crippen molar-refractivity contribution in [3.05, 3.63) is 35.9 Å². The minimum Gasteiger partial charge on any atom is -0.465 e. The van der Waals surface area contributed by atoms with E-state index in [0.29, 0.717) is 19.6 Å². The van der Waals surface area contributed by atoms with Gasteiger partial charge in [-0.1, -0.05) is 30.3 Å². The first-order valence-corrected chi connectivity index (χ1v) is 6.36. The maximum absolute atomic E-state index is 11.8. The first-order valence-electron chi connectivity index (χ1n) is 6.36. The van der Waals surface area contributed by atoms with Crippen molar-refractivity contribution < 1.29 is 9.53 Å². The Bertz CT molecular complexity index is 408. The Labute approximate surface area is 108 Å². The standard InChI is InChI=1S/C14H20N2O2/c1-2-18-13(17)14(15)8-9-16(11-14)10-12-6-4-3-5-7-12/h3-7H,2,8-11,15H2,1H3/t14-/m1/s1. The van der Waals surface area contributed by atoms with Crippen molar-refractivity contribution >= 4 is 5.97 Å². The average Bonchev–Trinajstić information content (AvgIpc) is 2.74. The molecular weight excluding hydrogens is 228 g/mol. The third-order valence-corrected chi connectivity index (χ3v) is 3.31. The fourth-order valence-electron chi connectivity index (χ4n) is 2.33. The molecule has 0 bridgehead atoms. The van der Waals surface area contributed by atoms with Crippen LogP contribution < -0.4 is 5.73 Å². The number of benzene rings is 1. The molecule has 1 aromatic rings. The average molecular weight is 248 g/mol. The van der Waals surface area contributed by atoms with Crippen LogP contribution in [0.2, 0.25) is 0 Å². The van der Waals surface area contributed by atoms with Gasteiger partial charge in [0.1, 0.15) is 5.54 Å². The molecule has 0 radical (unpaired) electrons. The molecule has 1 saturated heterocycles. The second-order valence-corrected chi connectivity index (χ2v) is 4.82. The van der Waals surface area contributed by atoms with E-state index in [1.165, 1.54) is 5.56 Å². The highest BCUT2D eigenvalue weighted by Gasteiger charge is 2.42. The molecule has 2 N–H and O–H groups in total. The zero-order valence-corrected chi connectivity index (χ0v) is 10.8. The largest absolute Gasteiger partial charge is 0.465 e. The Balaban J connectivity index is 1.94. The molecule has 0 aliphatic carbocycles. The fraction of sp³-hybridized carbons (Fsp3) is 0.500. The Hall–Kier alpha value is -1.39. The van der Waals surface area contributed by atoms with Gasteiger partial charge in [0.2, 0.25) is 0 Å². The van der Waals surface area contributed by atoms with Crippen LogP contribution in [-0.4, -0.2) is 36.1 Å². The number of carbonyl (C=O) groups excluding carboxylic acids is 1. The molecule has 4 heteroatoms. The van der Waals surface area contributed by atoms with Crippen LogP contribution in [0.4, 0.5) is 0 Å². The predicted molar refractivity (Wildman–Crippen MR) is 69.9 cm³/mol. The Kier molecular flexibility index (Phi) is 3.99. The van der Waals surface area contributed by atoms with Crippen LogP contribution in [-0.2, 0) is 16.1 Å². The molecule has 1 aliphatic rings. The van der Waals surface area contributed by atoms with Crippen LogP contribution >= 0.6 is 0 Å². The van der Waals surface area contributed by atoms with Gasteiger partial charge in [-0.15, -0.1) is 0 Å². The number of nitrogens with two attached hydrogens (primary N) is 1. The van der Waals surface area contributed by atoms with Crippen LogP contribution in [0.15, 0.2) is 30.3 Å². The maximum atomic E-state index is 11.8. The number of carbonyl (C=O) groups is 1. The molecule has 1 fully saturated rings. The van der Waals surface area contributed by atoms with Gasteiger partial charge in [0.05, 0.1) is 6.61 Å². The minimum absolute atomic E-state index is 0.277. The number of hydrogen-bond acceptors (Lipinski definition) is 4. The molecule has 1 heterocycles. The number of rotatable bonds is 4. The van der Waals surface area contributed by atoms with E-state index >= 15 is 0 Å². The maximum Gasteiger partial charge on any atom is 0.327 e. The van der Waals surface area contributed by atoms with Gasteiger partial charge in [0, 0.05) is 19.6 Å². The second kappa shape index (κ2) is 5.50. The Morgan fingerprint density at radius 2 is 2.17 bits per heavy atom. The molecule has 0 amide bonds. The van der Waals surface area contributed by atoms with Crippen molar-refractivity contribution in [2.75, 3.05) is 19.7 Å². The summed E-state index contributed by atoms with van der Waals surface area (Å²) in [5.74, 6) is -0.277. The fourth-order valence-corrected chi connectivity index (χ4v) is 2.33. The van der Waals surface area contributed by atoms with Gasteiger partial charge in [-0.05, 0) is 18.9 Å². The van der Waals surface area contributed by atoms with Gasteiger partial charge in [-0.3, -0.25) is 9.69 Å². The van der Waals surface area contributed by atoms with Crippen molar-refractivity contribution in [2.45, 2.75) is 25.4 Å². The Morgan fingerprint density at radius 1 is 1.44 bits per heavy atom. The number of ether oxygens (including phenoxy) is 1. The smallest absolute Gasteiger partial charge is 0.327 e. The summed E-state index contributed by atoms with van der Waals surface area (Å²) in [5, 5.41) is 0. The van der Waals surface area contributed by atoms with Gasteiger partial charge < -0.3 is 10.5 Å². The van der Waals surface area contributed by atoms with E-state index in [4.69, 9.17) is 10.5 Å². The third kappa shape index (κ3) is 2.89. The van der Waals surface area contributed by atoms with Crippen molar-refractivity contribution in [2.24, 2.45) is 5.73 Å². The van der Waals surface area contributed by atoms with Crippen molar-refractivity contribution in [1.29, 1.82) is 0 Å². The highest BCUT2D eigenvalue weighted by atomic mass is 16.5. The third-order valence-electron chi connectivity index (χ3n) is 3.31. The van der Waals surface area contributed by atoms with Crippen molar-refractivity contribution in [3.8, 4) is 0 Å². The highest BCUT2D eigenvalue weighted by molar-refractivity contribution is 5.81. The molecule has 0 unspecified atom stereocenters. The zero-order chi connectivity index (χ0) is 13.0. The minimum atomic E-state index is -0.829. The molecule has 0 saturated carbocycles. The van der Waals surface area contributed by atoms with Gasteiger partial charge in [0.25, 0.3) is 0 Å². The number of esters is 1. The summed E-state index contributed by atoms with van der Waals surface area (Å²) in [5.41, 5.74) is 6.53. The van der Waals surface area contributed by atoms with Crippen LogP contribution in [0.3, 0.4) is 0 Å². The van der Waals surface area contributed by atoms with E-state index in [1.807, 2.05) is 18.2 Å². The predicted octanol–water partition coefficient (Wildman–Crippen LogP) is 1.15. The summed E-state index contributed by atoms with van der Waals surface area (Å²) >= 11 is 0. The molecule has 2 rings (SSSR count). The van der Waals surface area contributed by atoms with E-state index in [2.05, 4.69) is 17.0 Å². The summed E-state index contributed by atoms with van der Waals surface area (Å²) < 4.78 is 5.04. The lowest BCUT2D eigenvalue weighted by atomic mass is 10.0. The Morgan fingerprint density at radius 3 is 2.83 bits per heavy atom. The first-order chi connectivity index (χ1) is 8.64. The molecule has 0 aromatic heterocycles. The van der Waals surface area contributed by atoms with Crippen LogP contribution in [0.1, 0.15) is 18.9 Å². The van der Waals surface area contributed by atoms with Gasteiger partial charge in [-0.2, -0.15) is 0 Å². The topological polar surface area (TPSA) is 55.6 Å². The summed E-state index contributed by atoms with van der Waals surface area (Å²) in [6, 6.07) is 10.2. The summed E-state index contributed by atoms with van der Waals surface area (Å²) in [6.07, 6.45) is 0.665. The zero-order valence-electron chi connectivity index (χ0n) is 10.8. The lowest BCUT2D eigenvalue weighted by molar-refractivity contribution is -0.149. The number of nitrogens with zero attached hydrogens (tertiary/aromatic N) is 1. The van der Waals surface area contributed by atoms with E-state index in [9.17, 15) is 4.79 Å². The number of likely N-dealkylation sites (tertiary alicyclic amines) is 1.